The van der Waals surface area contributed by atoms with Crippen molar-refractivity contribution in [1.29, 1.82) is 0 Å². The van der Waals surface area contributed by atoms with Crippen LogP contribution in [0.2, 0.25) is 0 Å². The molecule has 1 aromatic rings. The third kappa shape index (κ3) is 9.92. The van der Waals surface area contributed by atoms with Crippen molar-refractivity contribution in [2.45, 2.75) is 58.3 Å². The fourth-order valence-electron chi connectivity index (χ4n) is 2.04. The molecule has 1 unspecified atom stereocenters. The van der Waals surface area contributed by atoms with Crippen LogP contribution < -0.4 is 5.32 Å². The monoisotopic (exact) mass is 323 g/mol. The van der Waals surface area contributed by atoms with Crippen molar-refractivity contribution in [3.63, 3.8) is 0 Å². The van der Waals surface area contributed by atoms with Crippen LogP contribution in [-0.4, -0.2) is 36.1 Å². The number of aliphatic hydroxyl groups excluding tert-OH is 1. The largest absolute Gasteiger partial charge is 0.444 e. The molecule has 1 amide bonds. The molecule has 1 atom stereocenters. The minimum absolute atomic E-state index is 0.0931. The molecule has 130 valence electrons. The molecule has 5 heteroatoms. The Morgan fingerprint density at radius 1 is 1.22 bits per heavy atom. The van der Waals surface area contributed by atoms with Crippen LogP contribution in [0.4, 0.5) is 4.79 Å². The van der Waals surface area contributed by atoms with E-state index < -0.39 is 11.7 Å². The summed E-state index contributed by atoms with van der Waals surface area (Å²) < 4.78 is 10.8. The van der Waals surface area contributed by atoms with E-state index in [-0.39, 0.29) is 12.6 Å². The second kappa shape index (κ2) is 10.2. The number of carbonyl (C=O) groups excluding carboxylic acids is 1. The third-order valence-corrected chi connectivity index (χ3v) is 3.14. The molecule has 0 saturated heterocycles. The van der Waals surface area contributed by atoms with Crippen LogP contribution in [0.3, 0.4) is 0 Å². The Kier molecular flexibility index (Phi) is 8.66. The molecule has 0 heterocycles. The number of hydrogen-bond acceptors (Lipinski definition) is 4. The number of amides is 1. The first-order chi connectivity index (χ1) is 10.9. The predicted octanol–water partition coefficient (Wildman–Crippen LogP) is 3.26. The molecular weight excluding hydrogens is 294 g/mol. The zero-order valence-corrected chi connectivity index (χ0v) is 14.4. The van der Waals surface area contributed by atoms with Gasteiger partial charge in [-0.05, 0) is 45.6 Å². The van der Waals surface area contributed by atoms with Gasteiger partial charge in [0.25, 0.3) is 0 Å². The lowest BCUT2D eigenvalue weighted by atomic mass is 10.1. The molecule has 1 aromatic carbocycles. The van der Waals surface area contributed by atoms with Gasteiger partial charge in [-0.3, -0.25) is 0 Å². The summed E-state index contributed by atoms with van der Waals surface area (Å²) in [6, 6.07) is 9.76. The zero-order chi connectivity index (χ0) is 17.1. The van der Waals surface area contributed by atoms with Crippen LogP contribution in [0.1, 0.15) is 45.6 Å². The van der Waals surface area contributed by atoms with Crippen molar-refractivity contribution in [3.05, 3.63) is 35.9 Å². The quantitative estimate of drug-likeness (QED) is 0.685. The first kappa shape index (κ1) is 19.5. The predicted molar refractivity (Wildman–Crippen MR) is 90.2 cm³/mol. The van der Waals surface area contributed by atoms with E-state index in [0.717, 1.165) is 18.4 Å². The molecule has 0 radical (unpaired) electrons. The highest BCUT2D eigenvalue weighted by Crippen LogP contribution is 2.08. The Morgan fingerprint density at radius 2 is 1.91 bits per heavy atom. The Labute approximate surface area is 139 Å². The van der Waals surface area contributed by atoms with Gasteiger partial charge in [0.15, 0.2) is 0 Å². The Bertz CT molecular complexity index is 442. The van der Waals surface area contributed by atoms with Gasteiger partial charge in [0.1, 0.15) is 5.60 Å². The summed E-state index contributed by atoms with van der Waals surface area (Å²) >= 11 is 0. The van der Waals surface area contributed by atoms with Gasteiger partial charge in [-0.15, -0.1) is 0 Å². The van der Waals surface area contributed by atoms with Crippen molar-refractivity contribution >= 4 is 6.09 Å². The van der Waals surface area contributed by atoms with E-state index in [9.17, 15) is 9.90 Å². The van der Waals surface area contributed by atoms with Gasteiger partial charge in [0, 0.05) is 6.61 Å². The topological polar surface area (TPSA) is 67.8 Å². The van der Waals surface area contributed by atoms with Crippen molar-refractivity contribution in [2.75, 3.05) is 13.2 Å². The Morgan fingerprint density at radius 3 is 2.52 bits per heavy atom. The van der Waals surface area contributed by atoms with Gasteiger partial charge in [-0.25, -0.2) is 4.79 Å². The summed E-state index contributed by atoms with van der Waals surface area (Å²) in [6.07, 6.45) is 1.97. The fraction of sp³-hybridized carbons (Fsp3) is 0.611. The number of ether oxygens (including phenoxy) is 2. The molecule has 23 heavy (non-hydrogen) atoms. The summed E-state index contributed by atoms with van der Waals surface area (Å²) in [5.41, 5.74) is 0.627. The zero-order valence-electron chi connectivity index (χ0n) is 14.4. The fourth-order valence-corrected chi connectivity index (χ4v) is 2.04. The highest BCUT2D eigenvalue weighted by molar-refractivity contribution is 5.68. The van der Waals surface area contributed by atoms with Crippen molar-refractivity contribution in [3.8, 4) is 0 Å². The molecule has 0 spiro atoms. The maximum absolute atomic E-state index is 11.7. The van der Waals surface area contributed by atoms with Crippen LogP contribution in [0.5, 0.6) is 0 Å². The van der Waals surface area contributed by atoms with E-state index in [1.807, 2.05) is 51.1 Å². The first-order valence-electron chi connectivity index (χ1n) is 8.13. The lowest BCUT2D eigenvalue weighted by Gasteiger charge is -2.22. The Hall–Kier alpha value is -1.59. The summed E-state index contributed by atoms with van der Waals surface area (Å²) in [5, 5.41) is 12.0. The average molecular weight is 323 g/mol. The van der Waals surface area contributed by atoms with E-state index in [4.69, 9.17) is 9.47 Å². The highest BCUT2D eigenvalue weighted by Gasteiger charge is 2.18. The van der Waals surface area contributed by atoms with Gasteiger partial charge in [0.2, 0.25) is 0 Å². The molecule has 1 rings (SSSR count). The lowest BCUT2D eigenvalue weighted by molar-refractivity contribution is 0.0476. The minimum atomic E-state index is -0.532. The van der Waals surface area contributed by atoms with Crippen molar-refractivity contribution in [2.24, 2.45) is 0 Å². The minimum Gasteiger partial charge on any atom is -0.444 e. The molecule has 0 saturated carbocycles. The molecule has 0 aliphatic carbocycles. The van der Waals surface area contributed by atoms with E-state index >= 15 is 0 Å². The number of carbonyl (C=O) groups is 1. The number of rotatable bonds is 9. The molecule has 0 aliphatic heterocycles. The summed E-state index contributed by atoms with van der Waals surface area (Å²) in [7, 11) is 0. The average Bonchev–Trinajstić information content (AvgIpc) is 2.48. The SMILES string of the molecule is CC(C)(C)OC(=O)NC(CO)CCCCOCc1ccccc1. The van der Waals surface area contributed by atoms with E-state index in [1.54, 1.807) is 0 Å². The summed E-state index contributed by atoms with van der Waals surface area (Å²) in [6.45, 7) is 6.61. The van der Waals surface area contributed by atoms with Gasteiger partial charge >= 0.3 is 6.09 Å². The molecule has 5 nitrogen and oxygen atoms in total. The van der Waals surface area contributed by atoms with Crippen LogP contribution in [0.25, 0.3) is 0 Å². The molecule has 0 aromatic heterocycles. The number of aliphatic hydroxyl groups is 1. The second-order valence-electron chi connectivity index (χ2n) is 6.56. The maximum atomic E-state index is 11.7. The molecular formula is C18H29NO4. The number of benzene rings is 1. The maximum Gasteiger partial charge on any atom is 0.407 e. The second-order valence-corrected chi connectivity index (χ2v) is 6.56. The summed E-state index contributed by atoms with van der Waals surface area (Å²) in [4.78, 5) is 11.7. The van der Waals surface area contributed by atoms with E-state index in [0.29, 0.717) is 19.6 Å². The van der Waals surface area contributed by atoms with Crippen LogP contribution in [0.15, 0.2) is 30.3 Å². The lowest BCUT2D eigenvalue weighted by Crippen LogP contribution is -2.41. The first-order valence-corrected chi connectivity index (χ1v) is 8.13. The smallest absolute Gasteiger partial charge is 0.407 e. The van der Waals surface area contributed by atoms with Crippen molar-refractivity contribution in [1.82, 2.24) is 5.32 Å². The number of unbranched alkanes of at least 4 members (excludes halogenated alkanes) is 1. The molecule has 2 N–H and O–H groups in total. The van der Waals surface area contributed by atoms with Gasteiger partial charge in [0.05, 0.1) is 19.3 Å². The van der Waals surface area contributed by atoms with Gasteiger partial charge in [-0.2, -0.15) is 0 Å². The van der Waals surface area contributed by atoms with Crippen LogP contribution in [0, 0.1) is 0 Å². The van der Waals surface area contributed by atoms with Crippen molar-refractivity contribution < 1.29 is 19.4 Å². The molecule has 0 bridgehead atoms. The molecule has 0 fully saturated rings. The van der Waals surface area contributed by atoms with Crippen LogP contribution >= 0.6 is 0 Å². The van der Waals surface area contributed by atoms with Crippen LogP contribution in [-0.2, 0) is 16.1 Å². The van der Waals surface area contributed by atoms with E-state index in [2.05, 4.69) is 5.32 Å². The van der Waals surface area contributed by atoms with Gasteiger partial charge < -0.3 is 19.9 Å². The third-order valence-electron chi connectivity index (χ3n) is 3.14. The van der Waals surface area contributed by atoms with Gasteiger partial charge in [-0.1, -0.05) is 30.3 Å². The Balaban J connectivity index is 2.11. The normalized spacial score (nSPS) is 12.7. The number of alkyl carbamates (subject to hydrolysis) is 1. The highest BCUT2D eigenvalue weighted by atomic mass is 16.6. The summed E-state index contributed by atoms with van der Waals surface area (Å²) in [5.74, 6) is 0. The number of nitrogens with one attached hydrogen (secondary N) is 1. The molecule has 0 aliphatic rings. The standard InChI is InChI=1S/C18H29NO4/c1-18(2,3)23-17(21)19-16(13-20)11-7-8-12-22-14-15-9-5-4-6-10-15/h4-6,9-10,16,20H,7-8,11-14H2,1-3H3,(H,19,21). The number of hydrogen-bond donors (Lipinski definition) is 2. The van der Waals surface area contributed by atoms with E-state index in [1.165, 1.54) is 0 Å².